The number of aliphatic hydroxyl groups excluding tert-OH is 2. The number of aliphatic hydroxyl groups is 2. The molecule has 520 valence electrons. The molecule has 0 aromatic heterocycles. The van der Waals surface area contributed by atoms with Crippen molar-refractivity contribution in [3.63, 3.8) is 0 Å². The smallest absolute Gasteiger partial charge is 0.305 e. The van der Waals surface area contributed by atoms with Gasteiger partial charge in [-0.15, -0.1) is 0 Å². The van der Waals surface area contributed by atoms with Gasteiger partial charge in [0.05, 0.1) is 25.4 Å². The van der Waals surface area contributed by atoms with Gasteiger partial charge in [0.15, 0.2) is 0 Å². The van der Waals surface area contributed by atoms with Gasteiger partial charge in [-0.05, 0) is 83.5 Å². The Labute approximate surface area is 551 Å². The van der Waals surface area contributed by atoms with E-state index in [9.17, 15) is 19.8 Å². The maximum absolute atomic E-state index is 12.5. The van der Waals surface area contributed by atoms with Crippen LogP contribution in [-0.4, -0.2) is 47.4 Å². The first kappa shape index (κ1) is 86.1. The monoisotopic (exact) mass is 1240 g/mol. The summed E-state index contributed by atoms with van der Waals surface area (Å²) in [7, 11) is 0. The van der Waals surface area contributed by atoms with Gasteiger partial charge in [-0.2, -0.15) is 0 Å². The average molecular weight is 1240 g/mol. The van der Waals surface area contributed by atoms with Crippen LogP contribution in [0.1, 0.15) is 450 Å². The van der Waals surface area contributed by atoms with Crippen LogP contribution in [0.3, 0.4) is 0 Å². The minimum atomic E-state index is -0.843. The molecule has 6 heteroatoms. The van der Waals surface area contributed by atoms with Gasteiger partial charge in [-0.1, -0.05) is 391 Å². The fourth-order valence-corrected chi connectivity index (χ4v) is 12.7. The molecule has 0 saturated carbocycles. The Morgan fingerprint density at radius 3 is 0.807 bits per heavy atom. The van der Waals surface area contributed by atoms with Crippen molar-refractivity contribution in [3.8, 4) is 0 Å². The fraction of sp³-hybridized carbons (Fsp3) is 0.902. The number of carbonyl (C=O) groups excluding carboxylic acids is 2. The molecule has 0 spiro atoms. The lowest BCUT2D eigenvalue weighted by atomic mass is 10.0. The predicted octanol–water partition coefficient (Wildman–Crippen LogP) is 26.6. The summed E-state index contributed by atoms with van der Waals surface area (Å²) in [5, 5.41) is 23.3. The second-order valence-electron chi connectivity index (χ2n) is 27.7. The van der Waals surface area contributed by atoms with E-state index in [1.807, 2.05) is 6.08 Å². The van der Waals surface area contributed by atoms with E-state index in [-0.39, 0.29) is 18.5 Å². The van der Waals surface area contributed by atoms with Crippen LogP contribution in [0, 0.1) is 0 Å². The second-order valence-corrected chi connectivity index (χ2v) is 27.7. The first-order valence-corrected chi connectivity index (χ1v) is 40.3. The normalized spacial score (nSPS) is 12.6. The molecule has 2 atom stereocenters. The first-order valence-electron chi connectivity index (χ1n) is 40.3. The maximum Gasteiger partial charge on any atom is 0.305 e. The Balaban J connectivity index is 3.36. The summed E-state index contributed by atoms with van der Waals surface area (Å²) in [4.78, 5) is 24.6. The predicted molar refractivity (Wildman–Crippen MR) is 389 cm³/mol. The lowest BCUT2D eigenvalue weighted by Crippen LogP contribution is -2.45. The van der Waals surface area contributed by atoms with Crippen LogP contribution in [0.5, 0.6) is 0 Å². The van der Waals surface area contributed by atoms with Crippen LogP contribution in [0.4, 0.5) is 0 Å². The number of hydrogen-bond acceptors (Lipinski definition) is 5. The van der Waals surface area contributed by atoms with Crippen LogP contribution >= 0.6 is 0 Å². The molecular formula is C82H157NO5. The molecule has 88 heavy (non-hydrogen) atoms. The quantitative estimate of drug-likeness (QED) is 0.0320. The fourth-order valence-electron chi connectivity index (χ4n) is 12.7. The van der Waals surface area contributed by atoms with E-state index in [1.54, 1.807) is 6.08 Å². The Hall–Kier alpha value is -1.92. The van der Waals surface area contributed by atoms with Crippen molar-refractivity contribution in [2.75, 3.05) is 13.2 Å². The molecule has 0 radical (unpaired) electrons. The highest BCUT2D eigenvalue weighted by atomic mass is 16.5. The molecule has 0 aromatic carbocycles. The van der Waals surface area contributed by atoms with Gasteiger partial charge in [0.2, 0.25) is 5.91 Å². The second kappa shape index (κ2) is 77.5. The molecule has 1 amide bonds. The molecule has 0 rings (SSSR count). The molecule has 0 saturated heterocycles. The highest BCUT2D eigenvalue weighted by Gasteiger charge is 2.18. The Morgan fingerprint density at radius 1 is 0.307 bits per heavy atom. The zero-order valence-electron chi connectivity index (χ0n) is 59.7. The third-order valence-electron chi connectivity index (χ3n) is 18.9. The van der Waals surface area contributed by atoms with E-state index in [0.29, 0.717) is 19.4 Å². The standard InChI is InChI=1S/C82H157NO5/c1-3-5-7-9-11-13-15-17-19-21-22-40-43-46-50-54-58-62-66-70-74-80(85)79(78-84)83-81(86)75-71-67-63-59-55-51-47-44-41-38-36-34-32-30-28-26-24-23-25-27-29-31-33-35-37-39-42-45-49-53-57-61-65-69-73-77-88-82(87)76-72-68-64-60-56-52-48-20-18-16-14-12-10-8-6-4-2/h20,25,27,48,70,74,79-80,84-85H,3-19,21-24,26,28-47,49-69,71-73,75-78H2,1-2H3,(H,83,86)/b27-25-,48-20-,74-70+. The molecule has 0 aliphatic rings. The van der Waals surface area contributed by atoms with Crippen molar-refractivity contribution in [1.82, 2.24) is 5.32 Å². The molecule has 3 N–H and O–H groups in total. The van der Waals surface area contributed by atoms with Crippen LogP contribution in [0.2, 0.25) is 0 Å². The molecular weight excluding hydrogens is 1080 g/mol. The van der Waals surface area contributed by atoms with E-state index >= 15 is 0 Å². The van der Waals surface area contributed by atoms with Crippen LogP contribution in [-0.2, 0) is 14.3 Å². The molecule has 0 heterocycles. The zero-order chi connectivity index (χ0) is 63.5. The Kier molecular flexibility index (Phi) is 75.8. The summed E-state index contributed by atoms with van der Waals surface area (Å²) in [5.41, 5.74) is 0. The summed E-state index contributed by atoms with van der Waals surface area (Å²) >= 11 is 0. The number of unbranched alkanes of at least 4 members (excludes halogenated alkanes) is 61. The minimum Gasteiger partial charge on any atom is -0.466 e. The number of ether oxygens (including phenoxy) is 1. The number of esters is 1. The lowest BCUT2D eigenvalue weighted by Gasteiger charge is -2.20. The van der Waals surface area contributed by atoms with Gasteiger partial charge in [0, 0.05) is 12.8 Å². The van der Waals surface area contributed by atoms with Gasteiger partial charge in [0.1, 0.15) is 0 Å². The Bertz CT molecular complexity index is 1430. The van der Waals surface area contributed by atoms with Crippen molar-refractivity contribution in [2.24, 2.45) is 0 Å². The number of nitrogens with one attached hydrogen (secondary N) is 1. The number of carbonyl (C=O) groups is 2. The van der Waals surface area contributed by atoms with Crippen molar-refractivity contribution in [2.45, 2.75) is 463 Å². The van der Waals surface area contributed by atoms with Gasteiger partial charge in [-0.3, -0.25) is 9.59 Å². The largest absolute Gasteiger partial charge is 0.466 e. The van der Waals surface area contributed by atoms with Crippen molar-refractivity contribution in [3.05, 3.63) is 36.5 Å². The molecule has 0 bridgehead atoms. The van der Waals surface area contributed by atoms with Gasteiger partial charge >= 0.3 is 5.97 Å². The van der Waals surface area contributed by atoms with Crippen molar-refractivity contribution in [1.29, 1.82) is 0 Å². The van der Waals surface area contributed by atoms with E-state index in [4.69, 9.17) is 4.74 Å². The maximum atomic E-state index is 12.5. The average Bonchev–Trinajstić information content (AvgIpc) is 3.58. The van der Waals surface area contributed by atoms with Crippen molar-refractivity contribution >= 4 is 11.9 Å². The molecule has 0 aliphatic heterocycles. The summed E-state index contributed by atoms with van der Waals surface area (Å²) in [6.07, 6.45) is 101. The van der Waals surface area contributed by atoms with Crippen LogP contribution in [0.15, 0.2) is 36.5 Å². The minimum absolute atomic E-state index is 0.0133. The third-order valence-corrected chi connectivity index (χ3v) is 18.9. The van der Waals surface area contributed by atoms with E-state index in [1.165, 1.54) is 379 Å². The number of rotatable bonds is 76. The van der Waals surface area contributed by atoms with Crippen molar-refractivity contribution < 1.29 is 24.5 Å². The lowest BCUT2D eigenvalue weighted by molar-refractivity contribution is -0.143. The highest BCUT2D eigenvalue weighted by Crippen LogP contribution is 2.20. The molecule has 0 aliphatic carbocycles. The van der Waals surface area contributed by atoms with E-state index in [2.05, 4.69) is 43.5 Å². The summed E-state index contributed by atoms with van der Waals surface area (Å²) in [6, 6.07) is -0.626. The summed E-state index contributed by atoms with van der Waals surface area (Å²) < 4.78 is 5.50. The third kappa shape index (κ3) is 73.1. The van der Waals surface area contributed by atoms with E-state index < -0.39 is 12.1 Å². The topological polar surface area (TPSA) is 95.9 Å². The van der Waals surface area contributed by atoms with Gasteiger partial charge < -0.3 is 20.3 Å². The number of hydrogen-bond donors (Lipinski definition) is 3. The summed E-state index contributed by atoms with van der Waals surface area (Å²) in [5.74, 6) is -0.0468. The summed E-state index contributed by atoms with van der Waals surface area (Å²) in [6.45, 7) is 4.95. The molecule has 6 nitrogen and oxygen atoms in total. The number of allylic oxidation sites excluding steroid dienone is 5. The molecule has 0 fully saturated rings. The number of amides is 1. The Morgan fingerprint density at radius 2 is 0.534 bits per heavy atom. The molecule has 2 unspecified atom stereocenters. The van der Waals surface area contributed by atoms with Gasteiger partial charge in [0.25, 0.3) is 0 Å². The highest BCUT2D eigenvalue weighted by molar-refractivity contribution is 5.76. The van der Waals surface area contributed by atoms with Crippen LogP contribution in [0.25, 0.3) is 0 Å². The van der Waals surface area contributed by atoms with E-state index in [0.717, 1.165) is 44.9 Å². The molecule has 0 aromatic rings. The first-order chi connectivity index (χ1) is 43.5. The van der Waals surface area contributed by atoms with Crippen LogP contribution < -0.4 is 5.32 Å². The zero-order valence-corrected chi connectivity index (χ0v) is 59.7. The SMILES string of the molecule is CCCCCCCCC/C=C\CCCCCCCC(=O)OCCCCCCCCCCCCCCCC/C=C\CCCCCCCCCCCCCCCCCCCC(=O)NC(CO)C(O)/C=C/CCCCCCCCCCCCCCCCCCCC. The van der Waals surface area contributed by atoms with Gasteiger partial charge in [-0.25, -0.2) is 0 Å².